The Hall–Kier alpha value is -1.39. The zero-order valence-corrected chi connectivity index (χ0v) is 12.8. The highest BCUT2D eigenvalue weighted by Gasteiger charge is 2.23. The van der Waals surface area contributed by atoms with Gasteiger partial charge >= 0.3 is 0 Å². The molecule has 21 heavy (non-hydrogen) atoms. The second kappa shape index (κ2) is 6.58. The second-order valence-electron chi connectivity index (χ2n) is 6.30. The lowest BCUT2D eigenvalue weighted by atomic mass is 9.97. The zero-order chi connectivity index (χ0) is 14.7. The van der Waals surface area contributed by atoms with Crippen LogP contribution in [0.15, 0.2) is 24.3 Å². The first kappa shape index (κ1) is 14.5. The number of carbonyl (C=O) groups is 1. The summed E-state index contributed by atoms with van der Waals surface area (Å²) in [6.45, 7) is 3.40. The van der Waals surface area contributed by atoms with Gasteiger partial charge in [0, 0.05) is 24.8 Å². The Morgan fingerprint density at radius 1 is 1.29 bits per heavy atom. The Balaban J connectivity index is 1.69. The van der Waals surface area contributed by atoms with E-state index >= 15 is 0 Å². The Bertz CT molecular complexity index is 497. The third-order valence-corrected chi connectivity index (χ3v) is 4.53. The summed E-state index contributed by atoms with van der Waals surface area (Å²) in [7, 11) is 2.00. The van der Waals surface area contributed by atoms with Crippen LogP contribution in [0.1, 0.15) is 24.8 Å². The average molecular weight is 287 g/mol. The lowest BCUT2D eigenvalue weighted by Gasteiger charge is -2.32. The molecule has 4 heteroatoms. The molecular formula is C17H25N3O. The lowest BCUT2D eigenvalue weighted by molar-refractivity contribution is -0.120. The summed E-state index contributed by atoms with van der Waals surface area (Å²) in [4.78, 5) is 16.2. The first-order chi connectivity index (χ1) is 10.2. The molecule has 2 aliphatic rings. The number of nitrogens with zero attached hydrogens (tertiary/aromatic N) is 2. The minimum absolute atomic E-state index is 0.205. The molecule has 1 aromatic rings. The van der Waals surface area contributed by atoms with Gasteiger partial charge in [-0.15, -0.1) is 0 Å². The Kier molecular flexibility index (Phi) is 4.56. The summed E-state index contributed by atoms with van der Waals surface area (Å²) in [5, 5.41) is 3.59. The molecule has 2 heterocycles. The summed E-state index contributed by atoms with van der Waals surface area (Å²) in [6.07, 6.45) is 4.95. The fourth-order valence-electron chi connectivity index (χ4n) is 3.30. The molecule has 114 valence electrons. The predicted octanol–water partition coefficient (Wildman–Crippen LogP) is 1.65. The average Bonchev–Trinajstić information content (AvgIpc) is 2.48. The molecule has 4 nitrogen and oxygen atoms in total. The molecule has 1 N–H and O–H groups in total. The quantitative estimate of drug-likeness (QED) is 0.918. The standard InChI is InChI=1S/C17H25N3O/c1-19-9-10-20(17(21)13-19)16-7-4-5-14(12-16)11-15-6-2-3-8-18-15/h4-5,7,12,15,18H,2-3,6,8-11,13H2,1H3. The monoisotopic (exact) mass is 287 g/mol. The minimum Gasteiger partial charge on any atom is -0.314 e. The van der Waals surface area contributed by atoms with Gasteiger partial charge in [0.2, 0.25) is 5.91 Å². The minimum atomic E-state index is 0.205. The van der Waals surface area contributed by atoms with E-state index in [9.17, 15) is 4.79 Å². The molecule has 1 aromatic carbocycles. The second-order valence-corrected chi connectivity index (χ2v) is 6.30. The first-order valence-electron chi connectivity index (χ1n) is 8.03. The molecule has 2 fully saturated rings. The van der Waals surface area contributed by atoms with Crippen molar-refractivity contribution in [3.05, 3.63) is 29.8 Å². The molecule has 1 unspecified atom stereocenters. The van der Waals surface area contributed by atoms with Gasteiger partial charge < -0.3 is 10.2 Å². The highest BCUT2D eigenvalue weighted by molar-refractivity contribution is 5.95. The molecule has 0 aliphatic carbocycles. The van der Waals surface area contributed by atoms with Crippen LogP contribution in [-0.2, 0) is 11.2 Å². The number of piperazine rings is 1. The number of nitrogens with one attached hydrogen (secondary N) is 1. The van der Waals surface area contributed by atoms with Crippen molar-refractivity contribution in [3.8, 4) is 0 Å². The maximum absolute atomic E-state index is 12.2. The SMILES string of the molecule is CN1CCN(c2cccc(CC3CCCCN3)c2)C(=O)C1. The zero-order valence-electron chi connectivity index (χ0n) is 12.8. The summed E-state index contributed by atoms with van der Waals surface area (Å²) in [5.41, 5.74) is 2.39. The normalized spacial score (nSPS) is 24.3. The van der Waals surface area contributed by atoms with Gasteiger partial charge in [-0.05, 0) is 50.6 Å². The number of likely N-dealkylation sites (N-methyl/N-ethyl adjacent to an activating group) is 1. The van der Waals surface area contributed by atoms with Crippen molar-refractivity contribution < 1.29 is 4.79 Å². The number of anilines is 1. The number of rotatable bonds is 3. The van der Waals surface area contributed by atoms with Crippen molar-refractivity contribution in [1.29, 1.82) is 0 Å². The summed E-state index contributed by atoms with van der Waals surface area (Å²) < 4.78 is 0. The van der Waals surface area contributed by atoms with Gasteiger partial charge in [0.25, 0.3) is 0 Å². The molecule has 2 aliphatic heterocycles. The van der Waals surface area contributed by atoms with Crippen LogP contribution in [0.25, 0.3) is 0 Å². The number of piperidine rings is 1. The molecule has 0 saturated carbocycles. The van der Waals surface area contributed by atoms with Gasteiger partial charge in [-0.1, -0.05) is 18.6 Å². The van der Waals surface area contributed by atoms with E-state index in [1.165, 1.54) is 24.8 Å². The van der Waals surface area contributed by atoms with Gasteiger partial charge in [-0.3, -0.25) is 9.69 Å². The van der Waals surface area contributed by atoms with Crippen LogP contribution in [0.3, 0.4) is 0 Å². The molecule has 0 aromatic heterocycles. The van der Waals surface area contributed by atoms with Crippen LogP contribution < -0.4 is 10.2 Å². The molecule has 0 spiro atoms. The van der Waals surface area contributed by atoms with Crippen molar-refractivity contribution in [3.63, 3.8) is 0 Å². The van der Waals surface area contributed by atoms with Gasteiger partial charge in [0.15, 0.2) is 0 Å². The topological polar surface area (TPSA) is 35.6 Å². The van der Waals surface area contributed by atoms with E-state index < -0.39 is 0 Å². The fraction of sp³-hybridized carbons (Fsp3) is 0.588. The van der Waals surface area contributed by atoms with Crippen molar-refractivity contribution in [2.45, 2.75) is 31.7 Å². The van der Waals surface area contributed by atoms with Crippen LogP contribution in [0, 0.1) is 0 Å². The molecular weight excluding hydrogens is 262 g/mol. The number of hydrogen-bond donors (Lipinski definition) is 1. The van der Waals surface area contributed by atoms with Crippen LogP contribution in [-0.4, -0.2) is 50.1 Å². The van der Waals surface area contributed by atoms with E-state index in [0.29, 0.717) is 12.6 Å². The molecule has 0 bridgehead atoms. The number of hydrogen-bond acceptors (Lipinski definition) is 3. The van der Waals surface area contributed by atoms with Crippen molar-refractivity contribution in [2.24, 2.45) is 0 Å². The van der Waals surface area contributed by atoms with Gasteiger partial charge in [0.1, 0.15) is 0 Å². The van der Waals surface area contributed by atoms with Crippen LogP contribution >= 0.6 is 0 Å². The van der Waals surface area contributed by atoms with E-state index in [-0.39, 0.29) is 5.91 Å². The highest BCUT2D eigenvalue weighted by atomic mass is 16.2. The maximum atomic E-state index is 12.2. The lowest BCUT2D eigenvalue weighted by Crippen LogP contribution is -2.48. The van der Waals surface area contributed by atoms with E-state index in [0.717, 1.165) is 31.7 Å². The summed E-state index contributed by atoms with van der Waals surface area (Å²) in [6, 6.07) is 9.11. The number of amides is 1. The summed E-state index contributed by atoms with van der Waals surface area (Å²) >= 11 is 0. The largest absolute Gasteiger partial charge is 0.314 e. The fourth-order valence-corrected chi connectivity index (χ4v) is 3.30. The Morgan fingerprint density at radius 3 is 2.95 bits per heavy atom. The molecule has 1 atom stereocenters. The molecule has 1 amide bonds. The van der Waals surface area contributed by atoms with Gasteiger partial charge in [0.05, 0.1) is 6.54 Å². The van der Waals surface area contributed by atoms with Gasteiger partial charge in [-0.2, -0.15) is 0 Å². The van der Waals surface area contributed by atoms with Crippen molar-refractivity contribution >= 4 is 11.6 Å². The van der Waals surface area contributed by atoms with E-state index in [2.05, 4.69) is 34.5 Å². The predicted molar refractivity (Wildman–Crippen MR) is 85.6 cm³/mol. The van der Waals surface area contributed by atoms with Crippen LogP contribution in [0.5, 0.6) is 0 Å². The number of benzene rings is 1. The van der Waals surface area contributed by atoms with E-state index in [1.54, 1.807) is 0 Å². The smallest absolute Gasteiger partial charge is 0.241 e. The number of carbonyl (C=O) groups excluding carboxylic acids is 1. The van der Waals surface area contributed by atoms with Crippen molar-refractivity contribution in [2.75, 3.05) is 38.1 Å². The van der Waals surface area contributed by atoms with Gasteiger partial charge in [-0.25, -0.2) is 0 Å². The van der Waals surface area contributed by atoms with E-state index in [4.69, 9.17) is 0 Å². The van der Waals surface area contributed by atoms with Crippen molar-refractivity contribution in [1.82, 2.24) is 10.2 Å². The van der Waals surface area contributed by atoms with Crippen LogP contribution in [0.2, 0.25) is 0 Å². The first-order valence-corrected chi connectivity index (χ1v) is 8.03. The molecule has 3 rings (SSSR count). The maximum Gasteiger partial charge on any atom is 0.241 e. The molecule has 2 saturated heterocycles. The third-order valence-electron chi connectivity index (χ3n) is 4.53. The Labute approximate surface area is 127 Å². The molecule has 0 radical (unpaired) electrons. The summed E-state index contributed by atoms with van der Waals surface area (Å²) in [5.74, 6) is 0.205. The highest BCUT2D eigenvalue weighted by Crippen LogP contribution is 2.21. The Morgan fingerprint density at radius 2 is 2.19 bits per heavy atom. The van der Waals surface area contributed by atoms with E-state index in [1.807, 2.05) is 11.9 Å². The third kappa shape index (κ3) is 3.63. The van der Waals surface area contributed by atoms with Crippen LogP contribution in [0.4, 0.5) is 5.69 Å².